The van der Waals surface area contributed by atoms with Gasteiger partial charge in [-0.1, -0.05) is 29.8 Å². The highest BCUT2D eigenvalue weighted by Crippen LogP contribution is 2.43. The maximum Gasteiger partial charge on any atom is 0.174 e. The molecule has 0 unspecified atom stereocenters. The van der Waals surface area contributed by atoms with E-state index in [1.807, 2.05) is 67.6 Å². The Morgan fingerprint density at radius 2 is 1.84 bits per heavy atom. The molecule has 2 fully saturated rings. The number of hydrogen-bond donors (Lipinski definition) is 1. The fourth-order valence-corrected chi connectivity index (χ4v) is 5.75. The van der Waals surface area contributed by atoms with Crippen LogP contribution >= 0.6 is 23.8 Å². The zero-order chi connectivity index (χ0) is 25.4. The molecule has 37 heavy (non-hydrogen) atoms. The second kappa shape index (κ2) is 10.2. The fourth-order valence-electron chi connectivity index (χ4n) is 5.22. The van der Waals surface area contributed by atoms with Crippen molar-refractivity contribution in [2.75, 3.05) is 4.90 Å². The molecule has 3 heterocycles. The van der Waals surface area contributed by atoms with E-state index in [-0.39, 0.29) is 12.1 Å². The first-order valence-electron chi connectivity index (χ1n) is 12.7. The van der Waals surface area contributed by atoms with Gasteiger partial charge in [-0.15, -0.1) is 0 Å². The molecule has 5 nitrogen and oxygen atoms in total. The number of furan rings is 1. The van der Waals surface area contributed by atoms with Gasteiger partial charge in [0.25, 0.3) is 0 Å². The van der Waals surface area contributed by atoms with Crippen molar-refractivity contribution >= 4 is 34.6 Å². The summed E-state index contributed by atoms with van der Waals surface area (Å²) in [6, 6.07) is 23.7. The highest BCUT2D eigenvalue weighted by atomic mass is 35.5. The summed E-state index contributed by atoms with van der Waals surface area (Å²) in [4.78, 5) is 6.74. The molecule has 0 radical (unpaired) electrons. The topological polar surface area (TPSA) is 50.5 Å². The van der Waals surface area contributed by atoms with Gasteiger partial charge in [0.1, 0.15) is 23.3 Å². The molecule has 2 aliphatic rings. The van der Waals surface area contributed by atoms with Crippen LogP contribution in [0.15, 0.2) is 83.4 Å². The maximum atomic E-state index is 6.46. The number of aromatic nitrogens is 1. The number of nitrogens with zero attached hydrogens (tertiary/aromatic N) is 2. The quantitative estimate of drug-likeness (QED) is 0.257. The Labute approximate surface area is 227 Å². The van der Waals surface area contributed by atoms with E-state index in [4.69, 9.17) is 33.0 Å². The molecule has 4 aromatic rings. The minimum absolute atomic E-state index is 0.177. The Morgan fingerprint density at radius 3 is 2.57 bits per heavy atom. The highest BCUT2D eigenvalue weighted by molar-refractivity contribution is 7.80. The summed E-state index contributed by atoms with van der Waals surface area (Å²) in [5.41, 5.74) is 3.83. The van der Waals surface area contributed by atoms with E-state index >= 15 is 0 Å². The van der Waals surface area contributed by atoms with Gasteiger partial charge < -0.3 is 19.4 Å². The number of ether oxygens (including phenoxy) is 1. The number of nitrogens with one attached hydrogen (secondary N) is 1. The molecule has 0 amide bonds. The normalized spacial score (nSPS) is 19.8. The van der Waals surface area contributed by atoms with E-state index in [1.54, 1.807) is 6.20 Å². The van der Waals surface area contributed by atoms with Crippen LogP contribution in [0.3, 0.4) is 0 Å². The van der Waals surface area contributed by atoms with Crippen LogP contribution < -0.4 is 15.0 Å². The van der Waals surface area contributed by atoms with Gasteiger partial charge >= 0.3 is 0 Å². The molecule has 0 spiro atoms. The van der Waals surface area contributed by atoms with Gasteiger partial charge in [-0.25, -0.2) is 0 Å². The fraction of sp³-hybridized carbons (Fsp3) is 0.267. The van der Waals surface area contributed by atoms with Gasteiger partial charge in [0.2, 0.25) is 0 Å². The number of halogens is 1. The third kappa shape index (κ3) is 4.83. The van der Waals surface area contributed by atoms with Gasteiger partial charge in [-0.05, 0) is 105 Å². The molecule has 2 aromatic heterocycles. The average Bonchev–Trinajstić information content (AvgIpc) is 3.67. The van der Waals surface area contributed by atoms with E-state index < -0.39 is 0 Å². The number of thiocarbonyl (C=S) groups is 1. The van der Waals surface area contributed by atoms with Crippen LogP contribution in [0.5, 0.6) is 5.75 Å². The van der Waals surface area contributed by atoms with Gasteiger partial charge in [-0.3, -0.25) is 4.98 Å². The summed E-state index contributed by atoms with van der Waals surface area (Å²) in [5.74, 6) is 2.44. The van der Waals surface area contributed by atoms with E-state index in [0.29, 0.717) is 16.2 Å². The highest BCUT2D eigenvalue weighted by Gasteiger charge is 2.42. The number of pyridine rings is 1. The lowest BCUT2D eigenvalue weighted by Gasteiger charge is -2.26. The third-order valence-electron chi connectivity index (χ3n) is 7.19. The Kier molecular flexibility index (Phi) is 6.61. The lowest BCUT2D eigenvalue weighted by molar-refractivity contribution is 0.210. The summed E-state index contributed by atoms with van der Waals surface area (Å²) in [5, 5.41) is 4.83. The van der Waals surface area contributed by atoms with Crippen molar-refractivity contribution < 1.29 is 9.15 Å². The monoisotopic (exact) mass is 529 g/mol. The molecule has 7 heteroatoms. The second-order valence-electron chi connectivity index (χ2n) is 9.68. The van der Waals surface area contributed by atoms with Gasteiger partial charge in [-0.2, -0.15) is 0 Å². The van der Waals surface area contributed by atoms with Crippen LogP contribution in [0.4, 0.5) is 5.69 Å². The first-order chi connectivity index (χ1) is 18.1. The largest absolute Gasteiger partial charge is 0.490 e. The van der Waals surface area contributed by atoms with Crippen LogP contribution in [-0.4, -0.2) is 16.2 Å². The van der Waals surface area contributed by atoms with Crippen LogP contribution in [0.2, 0.25) is 5.02 Å². The summed E-state index contributed by atoms with van der Waals surface area (Å²) in [7, 11) is 0. The standard InChI is InChI=1S/C30H28ClN3O2S/c1-19-9-10-20(18-24(19)31)26-15-16-27(36-26)29-28(25-8-4-5-17-32-25)33-30(37)34(29)21-11-13-23(14-12-21)35-22-6-2-3-7-22/h4-5,8-18,22,28-29H,2-3,6-7H2,1H3,(H,33,37)/t28-,29+/m0/s1. The number of aryl methyl sites for hydroxylation is 1. The van der Waals surface area contributed by atoms with E-state index in [0.717, 1.165) is 52.6 Å². The Hall–Kier alpha value is -3.35. The summed E-state index contributed by atoms with van der Waals surface area (Å²) < 4.78 is 12.6. The third-order valence-corrected chi connectivity index (χ3v) is 7.91. The number of anilines is 1. The molecule has 2 atom stereocenters. The lowest BCUT2D eigenvalue weighted by atomic mass is 10.0. The van der Waals surface area contributed by atoms with E-state index in [2.05, 4.69) is 27.3 Å². The van der Waals surface area contributed by atoms with Crippen molar-refractivity contribution in [3.8, 4) is 17.1 Å². The molecule has 1 aliphatic heterocycles. The van der Waals surface area contributed by atoms with Crippen LogP contribution in [0.25, 0.3) is 11.3 Å². The van der Waals surface area contributed by atoms with Gasteiger partial charge in [0.15, 0.2) is 5.11 Å². The van der Waals surface area contributed by atoms with Crippen LogP contribution in [-0.2, 0) is 0 Å². The van der Waals surface area contributed by atoms with E-state index in [1.165, 1.54) is 12.8 Å². The molecule has 1 aliphatic carbocycles. The average molecular weight is 530 g/mol. The zero-order valence-electron chi connectivity index (χ0n) is 20.6. The minimum Gasteiger partial charge on any atom is -0.490 e. The van der Waals surface area contributed by atoms with E-state index in [9.17, 15) is 0 Å². The van der Waals surface area contributed by atoms with Gasteiger partial charge in [0, 0.05) is 22.5 Å². The summed E-state index contributed by atoms with van der Waals surface area (Å²) >= 11 is 12.2. The van der Waals surface area contributed by atoms with Gasteiger partial charge in [0.05, 0.1) is 17.8 Å². The van der Waals surface area contributed by atoms with Crippen molar-refractivity contribution in [3.05, 3.63) is 101 Å². The number of hydrogen-bond acceptors (Lipinski definition) is 4. The number of benzene rings is 2. The summed E-state index contributed by atoms with van der Waals surface area (Å²) in [6.45, 7) is 1.99. The van der Waals surface area contributed by atoms with Crippen molar-refractivity contribution in [3.63, 3.8) is 0 Å². The molecule has 1 N–H and O–H groups in total. The van der Waals surface area contributed by atoms with Crippen LogP contribution in [0, 0.1) is 6.92 Å². The molecule has 0 bridgehead atoms. The Bertz CT molecular complexity index is 1400. The SMILES string of the molecule is Cc1ccc(-c2ccc([C@@H]3[C@H](c4ccccn4)NC(=S)N3c3ccc(OC4CCCC4)cc3)o2)cc1Cl. The smallest absolute Gasteiger partial charge is 0.174 e. The summed E-state index contributed by atoms with van der Waals surface area (Å²) in [6.07, 6.45) is 6.86. The van der Waals surface area contributed by atoms with Crippen molar-refractivity contribution in [2.24, 2.45) is 0 Å². The first-order valence-corrected chi connectivity index (χ1v) is 13.5. The van der Waals surface area contributed by atoms with Crippen LogP contribution in [0.1, 0.15) is 54.8 Å². The zero-order valence-corrected chi connectivity index (χ0v) is 22.1. The molecule has 1 saturated heterocycles. The predicted molar refractivity (Wildman–Crippen MR) is 151 cm³/mol. The first kappa shape index (κ1) is 24.0. The Balaban J connectivity index is 1.35. The molecular formula is C30H28ClN3O2S. The molecular weight excluding hydrogens is 502 g/mol. The van der Waals surface area contributed by atoms with Crippen molar-refractivity contribution in [2.45, 2.75) is 50.8 Å². The number of rotatable bonds is 6. The van der Waals surface area contributed by atoms with Crippen molar-refractivity contribution in [1.82, 2.24) is 10.3 Å². The molecule has 2 aromatic carbocycles. The Morgan fingerprint density at radius 1 is 1.03 bits per heavy atom. The maximum absolute atomic E-state index is 6.46. The molecule has 188 valence electrons. The minimum atomic E-state index is -0.223. The predicted octanol–water partition coefficient (Wildman–Crippen LogP) is 7.80. The molecule has 6 rings (SSSR count). The second-order valence-corrected chi connectivity index (χ2v) is 10.5. The van der Waals surface area contributed by atoms with Crippen molar-refractivity contribution in [1.29, 1.82) is 0 Å². The molecule has 1 saturated carbocycles. The lowest BCUT2D eigenvalue weighted by Crippen LogP contribution is -2.29.